The number of nitrogens with zero attached hydrogens (tertiary/aromatic N) is 2. The highest BCUT2D eigenvalue weighted by Crippen LogP contribution is 2.09. The van der Waals surface area contributed by atoms with Gasteiger partial charge in [-0.1, -0.05) is 12.1 Å². The van der Waals surface area contributed by atoms with Gasteiger partial charge in [0.2, 0.25) is 0 Å². The lowest BCUT2D eigenvalue weighted by molar-refractivity contribution is -0.117. The van der Waals surface area contributed by atoms with E-state index in [4.69, 9.17) is 5.26 Å². The molecule has 2 aromatic heterocycles. The van der Waals surface area contributed by atoms with Gasteiger partial charge in [-0.25, -0.2) is 0 Å². The van der Waals surface area contributed by atoms with Gasteiger partial charge in [-0.15, -0.1) is 11.3 Å². The average molecular weight is 269 g/mol. The van der Waals surface area contributed by atoms with Gasteiger partial charge in [0.25, 0.3) is 5.91 Å². The van der Waals surface area contributed by atoms with Crippen LogP contribution in [-0.4, -0.2) is 10.9 Å². The van der Waals surface area contributed by atoms with Gasteiger partial charge in [0.1, 0.15) is 11.6 Å². The third-order valence-corrected chi connectivity index (χ3v) is 3.24. The van der Waals surface area contributed by atoms with Crippen LogP contribution in [0.25, 0.3) is 6.08 Å². The molecule has 1 amide bonds. The van der Waals surface area contributed by atoms with E-state index in [1.807, 2.05) is 23.6 Å². The fourth-order valence-corrected chi connectivity index (χ4v) is 2.10. The van der Waals surface area contributed by atoms with Gasteiger partial charge in [0.15, 0.2) is 0 Å². The molecule has 0 spiro atoms. The molecule has 2 rings (SSSR count). The fourth-order valence-electron chi connectivity index (χ4n) is 1.45. The summed E-state index contributed by atoms with van der Waals surface area (Å²) in [4.78, 5) is 16.8. The predicted octanol–water partition coefficient (Wildman–Crippen LogP) is 2.37. The largest absolute Gasteiger partial charge is 0.347 e. The highest BCUT2D eigenvalue weighted by atomic mass is 32.1. The number of thiophene rings is 1. The van der Waals surface area contributed by atoms with Crippen LogP contribution in [0.1, 0.15) is 10.4 Å². The molecule has 5 heteroatoms. The summed E-state index contributed by atoms with van der Waals surface area (Å²) in [7, 11) is 0. The van der Waals surface area contributed by atoms with Crippen LogP contribution in [-0.2, 0) is 11.3 Å². The van der Waals surface area contributed by atoms with Crippen molar-refractivity contribution < 1.29 is 4.79 Å². The van der Waals surface area contributed by atoms with E-state index in [2.05, 4.69) is 10.3 Å². The number of carbonyl (C=O) groups excluding carboxylic acids is 1. The first-order valence-electron chi connectivity index (χ1n) is 5.62. The minimum Gasteiger partial charge on any atom is -0.347 e. The minimum absolute atomic E-state index is 0.0737. The van der Waals surface area contributed by atoms with Crippen LogP contribution in [0.5, 0.6) is 0 Å². The molecule has 0 unspecified atom stereocenters. The lowest BCUT2D eigenvalue weighted by atomic mass is 10.1. The number of nitrogens with one attached hydrogen (secondary N) is 1. The van der Waals surface area contributed by atoms with Crippen molar-refractivity contribution in [2.45, 2.75) is 6.54 Å². The van der Waals surface area contributed by atoms with Crippen LogP contribution in [0.2, 0.25) is 0 Å². The quantitative estimate of drug-likeness (QED) is 0.684. The maximum absolute atomic E-state index is 11.9. The summed E-state index contributed by atoms with van der Waals surface area (Å²) < 4.78 is 0. The number of rotatable bonds is 4. The van der Waals surface area contributed by atoms with Crippen molar-refractivity contribution in [2.24, 2.45) is 0 Å². The zero-order chi connectivity index (χ0) is 13.5. The highest BCUT2D eigenvalue weighted by molar-refractivity contribution is 7.09. The molecule has 0 aliphatic carbocycles. The van der Waals surface area contributed by atoms with Crippen molar-refractivity contribution in [3.63, 3.8) is 0 Å². The van der Waals surface area contributed by atoms with Crippen molar-refractivity contribution in [3.05, 3.63) is 58.1 Å². The molecule has 4 nitrogen and oxygen atoms in total. The molecule has 0 saturated heterocycles. The monoisotopic (exact) mass is 269 g/mol. The molecule has 0 aliphatic heterocycles. The molecule has 0 bridgehead atoms. The number of nitriles is 1. The molecular formula is C14H11N3OS. The summed E-state index contributed by atoms with van der Waals surface area (Å²) in [5, 5.41) is 13.7. The maximum Gasteiger partial charge on any atom is 0.262 e. The number of hydrogen-bond acceptors (Lipinski definition) is 4. The Balaban J connectivity index is 2.04. The highest BCUT2D eigenvalue weighted by Gasteiger charge is 2.08. The Hall–Kier alpha value is -2.45. The predicted molar refractivity (Wildman–Crippen MR) is 74.0 cm³/mol. The fraction of sp³-hybridized carbons (Fsp3) is 0.0714. The SMILES string of the molecule is N#CC(=Cc1cccnc1)C(=O)NCc1cccs1. The molecule has 0 aromatic carbocycles. The van der Waals surface area contributed by atoms with E-state index in [1.54, 1.807) is 35.9 Å². The molecule has 0 fully saturated rings. The van der Waals surface area contributed by atoms with Crippen LogP contribution < -0.4 is 5.32 Å². The second kappa shape index (κ2) is 6.47. The molecular weight excluding hydrogens is 258 g/mol. The molecule has 2 aromatic rings. The Morgan fingerprint density at radius 2 is 2.37 bits per heavy atom. The summed E-state index contributed by atoms with van der Waals surface area (Å²) in [6.07, 6.45) is 4.76. The summed E-state index contributed by atoms with van der Waals surface area (Å²) in [6, 6.07) is 9.30. The third-order valence-electron chi connectivity index (χ3n) is 2.36. The second-order valence-electron chi connectivity index (χ2n) is 3.72. The van der Waals surface area contributed by atoms with Crippen molar-refractivity contribution in [2.75, 3.05) is 0 Å². The average Bonchev–Trinajstić information content (AvgIpc) is 2.96. The molecule has 0 radical (unpaired) electrons. The van der Waals surface area contributed by atoms with E-state index in [0.29, 0.717) is 6.54 Å². The lowest BCUT2D eigenvalue weighted by Crippen LogP contribution is -2.23. The Labute approximate surface area is 115 Å². The van der Waals surface area contributed by atoms with Gasteiger partial charge in [-0.2, -0.15) is 5.26 Å². The van der Waals surface area contributed by atoms with Gasteiger partial charge in [-0.05, 0) is 29.2 Å². The van der Waals surface area contributed by atoms with Crippen LogP contribution in [0.15, 0.2) is 47.6 Å². The van der Waals surface area contributed by atoms with Crippen LogP contribution in [0.3, 0.4) is 0 Å². The first-order chi connectivity index (χ1) is 9.29. The first kappa shape index (κ1) is 13.0. The van der Waals surface area contributed by atoms with Crippen LogP contribution >= 0.6 is 11.3 Å². The standard InChI is InChI=1S/C14H11N3OS/c15-8-12(7-11-3-1-5-16-9-11)14(18)17-10-13-4-2-6-19-13/h1-7,9H,10H2,(H,17,18). The Kier molecular flexibility index (Phi) is 4.43. The number of amides is 1. The Morgan fingerprint density at radius 3 is 3.00 bits per heavy atom. The third kappa shape index (κ3) is 3.76. The first-order valence-corrected chi connectivity index (χ1v) is 6.50. The number of hydrogen-bond donors (Lipinski definition) is 1. The van der Waals surface area contributed by atoms with Gasteiger partial charge < -0.3 is 5.32 Å². The van der Waals surface area contributed by atoms with Crippen molar-refractivity contribution >= 4 is 23.3 Å². The summed E-state index contributed by atoms with van der Waals surface area (Å²) in [5.74, 6) is -0.375. The van der Waals surface area contributed by atoms with Gasteiger partial charge >= 0.3 is 0 Å². The number of aromatic nitrogens is 1. The second-order valence-corrected chi connectivity index (χ2v) is 4.75. The molecule has 0 saturated carbocycles. The Bertz CT molecular complexity index is 612. The van der Waals surface area contributed by atoms with Gasteiger partial charge in [-0.3, -0.25) is 9.78 Å². The zero-order valence-electron chi connectivity index (χ0n) is 10.0. The van der Waals surface area contributed by atoms with E-state index in [1.165, 1.54) is 6.08 Å². The lowest BCUT2D eigenvalue weighted by Gasteiger charge is -2.02. The molecule has 0 atom stereocenters. The topological polar surface area (TPSA) is 65.8 Å². The molecule has 1 N–H and O–H groups in total. The molecule has 2 heterocycles. The van der Waals surface area contributed by atoms with E-state index in [-0.39, 0.29) is 11.5 Å². The molecule has 94 valence electrons. The minimum atomic E-state index is -0.375. The summed E-state index contributed by atoms with van der Waals surface area (Å²) >= 11 is 1.56. The zero-order valence-corrected chi connectivity index (χ0v) is 10.9. The van der Waals surface area contributed by atoms with Gasteiger partial charge in [0, 0.05) is 17.3 Å². The molecule has 19 heavy (non-hydrogen) atoms. The van der Waals surface area contributed by atoms with E-state index in [0.717, 1.165) is 10.4 Å². The van der Waals surface area contributed by atoms with Crippen LogP contribution in [0.4, 0.5) is 0 Å². The smallest absolute Gasteiger partial charge is 0.262 e. The van der Waals surface area contributed by atoms with Crippen LogP contribution in [0, 0.1) is 11.3 Å². The van der Waals surface area contributed by atoms with E-state index in [9.17, 15) is 4.79 Å². The summed E-state index contributed by atoms with van der Waals surface area (Å²) in [6.45, 7) is 0.433. The van der Waals surface area contributed by atoms with Crippen molar-refractivity contribution in [1.29, 1.82) is 5.26 Å². The van der Waals surface area contributed by atoms with Crippen molar-refractivity contribution in [3.8, 4) is 6.07 Å². The normalized spacial score (nSPS) is 10.8. The number of carbonyl (C=O) groups is 1. The molecule has 0 aliphatic rings. The Morgan fingerprint density at radius 1 is 1.47 bits per heavy atom. The van der Waals surface area contributed by atoms with E-state index >= 15 is 0 Å². The summed E-state index contributed by atoms with van der Waals surface area (Å²) in [5.41, 5.74) is 0.801. The van der Waals surface area contributed by atoms with Crippen molar-refractivity contribution in [1.82, 2.24) is 10.3 Å². The van der Waals surface area contributed by atoms with Gasteiger partial charge in [0.05, 0.1) is 6.54 Å². The van der Waals surface area contributed by atoms with E-state index < -0.39 is 0 Å². The maximum atomic E-state index is 11.9. The number of pyridine rings is 1.